The van der Waals surface area contributed by atoms with Crippen LogP contribution in [0.2, 0.25) is 0 Å². The fourth-order valence-electron chi connectivity index (χ4n) is 1.42. The summed E-state index contributed by atoms with van der Waals surface area (Å²) in [6, 6.07) is 7.42. The van der Waals surface area contributed by atoms with Crippen molar-refractivity contribution in [3.63, 3.8) is 0 Å². The van der Waals surface area contributed by atoms with Crippen LogP contribution in [0.1, 0.15) is 5.69 Å². The molecule has 5 heteroatoms. The quantitative estimate of drug-likeness (QED) is 0.610. The first-order chi connectivity index (χ1) is 7.72. The van der Waals surface area contributed by atoms with Gasteiger partial charge in [-0.3, -0.25) is 15.1 Å². The van der Waals surface area contributed by atoms with Crippen LogP contribution in [0.25, 0.3) is 11.4 Å². The van der Waals surface area contributed by atoms with E-state index < -0.39 is 0 Å². The van der Waals surface area contributed by atoms with Gasteiger partial charge in [0.15, 0.2) is 0 Å². The standard InChI is InChI=1S/C11H12N4O/c1-15-10(11(12)16-2)7-9(14-15)8-5-3-4-6-13-8/h3-7,12H,1-2H3. The molecule has 0 aromatic carbocycles. The van der Waals surface area contributed by atoms with E-state index in [1.807, 2.05) is 18.2 Å². The van der Waals surface area contributed by atoms with E-state index in [2.05, 4.69) is 10.1 Å². The van der Waals surface area contributed by atoms with Gasteiger partial charge in [-0.15, -0.1) is 0 Å². The Bertz CT molecular complexity index is 504. The molecule has 0 amide bonds. The van der Waals surface area contributed by atoms with Crippen LogP contribution in [0.4, 0.5) is 0 Å². The van der Waals surface area contributed by atoms with Gasteiger partial charge in [-0.1, -0.05) is 6.07 Å². The van der Waals surface area contributed by atoms with Crippen molar-refractivity contribution in [3.8, 4) is 11.4 Å². The van der Waals surface area contributed by atoms with Crippen molar-refractivity contribution in [2.45, 2.75) is 0 Å². The van der Waals surface area contributed by atoms with Crippen molar-refractivity contribution in [2.75, 3.05) is 7.11 Å². The summed E-state index contributed by atoms with van der Waals surface area (Å²) < 4.78 is 6.48. The van der Waals surface area contributed by atoms with Gasteiger partial charge in [0.2, 0.25) is 5.90 Å². The summed E-state index contributed by atoms with van der Waals surface area (Å²) in [7, 11) is 3.24. The van der Waals surface area contributed by atoms with E-state index in [4.69, 9.17) is 10.1 Å². The molecule has 0 aliphatic rings. The third kappa shape index (κ3) is 1.79. The van der Waals surface area contributed by atoms with Gasteiger partial charge in [-0.05, 0) is 18.2 Å². The second kappa shape index (κ2) is 4.14. The highest BCUT2D eigenvalue weighted by molar-refractivity contribution is 5.90. The molecule has 5 nitrogen and oxygen atoms in total. The number of hydrogen-bond acceptors (Lipinski definition) is 4. The van der Waals surface area contributed by atoms with Crippen molar-refractivity contribution in [1.29, 1.82) is 5.41 Å². The Labute approximate surface area is 93.2 Å². The molecule has 0 unspecified atom stereocenters. The Hall–Kier alpha value is -2.17. The van der Waals surface area contributed by atoms with Gasteiger partial charge in [0.25, 0.3) is 0 Å². The summed E-state index contributed by atoms with van der Waals surface area (Å²) in [5, 5.41) is 11.9. The lowest BCUT2D eigenvalue weighted by Gasteiger charge is -2.00. The van der Waals surface area contributed by atoms with E-state index >= 15 is 0 Å². The van der Waals surface area contributed by atoms with E-state index in [-0.39, 0.29) is 5.90 Å². The van der Waals surface area contributed by atoms with Gasteiger partial charge in [-0.25, -0.2) is 0 Å². The molecule has 2 heterocycles. The minimum atomic E-state index is 0.0946. The number of aromatic nitrogens is 3. The van der Waals surface area contributed by atoms with Gasteiger partial charge < -0.3 is 4.74 Å². The largest absolute Gasteiger partial charge is 0.480 e. The maximum atomic E-state index is 7.59. The van der Waals surface area contributed by atoms with Crippen LogP contribution in [0.5, 0.6) is 0 Å². The van der Waals surface area contributed by atoms with Crippen LogP contribution in [0.15, 0.2) is 30.5 Å². The number of pyridine rings is 1. The molecule has 0 radical (unpaired) electrons. The van der Waals surface area contributed by atoms with Crippen molar-refractivity contribution in [2.24, 2.45) is 7.05 Å². The first kappa shape index (κ1) is 10.4. The van der Waals surface area contributed by atoms with Crippen LogP contribution >= 0.6 is 0 Å². The minimum Gasteiger partial charge on any atom is -0.480 e. The molecule has 0 fully saturated rings. The minimum absolute atomic E-state index is 0.0946. The van der Waals surface area contributed by atoms with Crippen LogP contribution in [-0.2, 0) is 11.8 Å². The number of ether oxygens (including phenoxy) is 1. The number of methoxy groups -OCH3 is 1. The lowest BCUT2D eigenvalue weighted by molar-refractivity contribution is 0.397. The van der Waals surface area contributed by atoms with Gasteiger partial charge in [0.1, 0.15) is 11.4 Å². The Balaban J connectivity index is 2.42. The molecule has 2 aromatic rings. The molecular weight excluding hydrogens is 204 g/mol. The summed E-state index contributed by atoms with van der Waals surface area (Å²) in [5.41, 5.74) is 2.15. The second-order valence-electron chi connectivity index (χ2n) is 3.29. The normalized spacial score (nSPS) is 10.1. The number of rotatable bonds is 2. The molecule has 82 valence electrons. The first-order valence-corrected chi connectivity index (χ1v) is 4.80. The molecule has 0 bridgehead atoms. The highest BCUT2D eigenvalue weighted by atomic mass is 16.5. The van der Waals surface area contributed by atoms with Crippen LogP contribution in [-0.4, -0.2) is 27.8 Å². The molecule has 0 spiro atoms. The molecule has 1 N–H and O–H groups in total. The van der Waals surface area contributed by atoms with Crippen LogP contribution in [0, 0.1) is 5.41 Å². The van der Waals surface area contributed by atoms with Crippen molar-refractivity contribution < 1.29 is 4.74 Å². The zero-order valence-corrected chi connectivity index (χ0v) is 9.14. The first-order valence-electron chi connectivity index (χ1n) is 4.80. The molecule has 2 aromatic heterocycles. The molecular formula is C11H12N4O. The molecule has 0 atom stereocenters. The Morgan fingerprint density at radius 1 is 1.38 bits per heavy atom. The van der Waals surface area contributed by atoms with Gasteiger partial charge in [0.05, 0.1) is 12.8 Å². The number of nitrogens with zero attached hydrogens (tertiary/aromatic N) is 3. The zero-order valence-electron chi connectivity index (χ0n) is 9.14. The highest BCUT2D eigenvalue weighted by Gasteiger charge is 2.11. The average Bonchev–Trinajstić information content (AvgIpc) is 2.71. The predicted octanol–water partition coefficient (Wildman–Crippen LogP) is 1.45. The van der Waals surface area contributed by atoms with Crippen LogP contribution in [0.3, 0.4) is 0 Å². The third-order valence-electron chi connectivity index (χ3n) is 2.24. The van der Waals surface area contributed by atoms with Crippen molar-refractivity contribution in [3.05, 3.63) is 36.2 Å². The topological polar surface area (TPSA) is 63.8 Å². The zero-order chi connectivity index (χ0) is 11.5. The van der Waals surface area contributed by atoms with Gasteiger partial charge in [0, 0.05) is 13.2 Å². The number of aryl methyl sites for hydroxylation is 1. The SMILES string of the molecule is COC(=N)c1cc(-c2ccccn2)nn1C. The van der Waals surface area contributed by atoms with E-state index in [0.29, 0.717) is 5.69 Å². The lowest BCUT2D eigenvalue weighted by Crippen LogP contribution is -2.07. The third-order valence-corrected chi connectivity index (χ3v) is 2.24. The van der Waals surface area contributed by atoms with E-state index in [9.17, 15) is 0 Å². The number of nitrogens with one attached hydrogen (secondary N) is 1. The fourth-order valence-corrected chi connectivity index (χ4v) is 1.42. The monoisotopic (exact) mass is 216 g/mol. The maximum absolute atomic E-state index is 7.59. The Morgan fingerprint density at radius 2 is 2.19 bits per heavy atom. The maximum Gasteiger partial charge on any atom is 0.231 e. The van der Waals surface area contributed by atoms with Crippen molar-refractivity contribution >= 4 is 5.90 Å². The van der Waals surface area contributed by atoms with E-state index in [1.165, 1.54) is 7.11 Å². The van der Waals surface area contributed by atoms with Crippen LogP contribution < -0.4 is 0 Å². The Kier molecular flexibility index (Phi) is 2.68. The lowest BCUT2D eigenvalue weighted by atomic mass is 10.2. The molecule has 0 saturated carbocycles. The fraction of sp³-hybridized carbons (Fsp3) is 0.182. The van der Waals surface area contributed by atoms with Crippen molar-refractivity contribution in [1.82, 2.24) is 14.8 Å². The summed E-state index contributed by atoms with van der Waals surface area (Å²) in [6.07, 6.45) is 1.71. The predicted molar refractivity (Wildman–Crippen MR) is 60.3 cm³/mol. The van der Waals surface area contributed by atoms with Gasteiger partial charge >= 0.3 is 0 Å². The molecule has 16 heavy (non-hydrogen) atoms. The summed E-state index contributed by atoms with van der Waals surface area (Å²) >= 11 is 0. The number of hydrogen-bond donors (Lipinski definition) is 1. The second-order valence-corrected chi connectivity index (χ2v) is 3.29. The average molecular weight is 216 g/mol. The summed E-state index contributed by atoms with van der Waals surface area (Å²) in [4.78, 5) is 4.20. The molecule has 0 aliphatic carbocycles. The smallest absolute Gasteiger partial charge is 0.231 e. The summed E-state index contributed by atoms with van der Waals surface area (Å²) in [5.74, 6) is 0.0946. The molecule has 0 aliphatic heterocycles. The Morgan fingerprint density at radius 3 is 2.81 bits per heavy atom. The van der Waals surface area contributed by atoms with E-state index in [1.54, 1.807) is 24.0 Å². The molecule has 2 rings (SSSR count). The molecule has 0 saturated heterocycles. The summed E-state index contributed by atoms with van der Waals surface area (Å²) in [6.45, 7) is 0. The highest BCUT2D eigenvalue weighted by Crippen LogP contribution is 2.16. The van der Waals surface area contributed by atoms with Gasteiger partial charge in [-0.2, -0.15) is 5.10 Å². The van der Waals surface area contributed by atoms with E-state index in [0.717, 1.165) is 11.4 Å².